The molecule has 0 unspecified atom stereocenters. The molecule has 0 spiro atoms. The molecule has 0 atom stereocenters. The molecule has 0 saturated carbocycles. The zero-order valence-corrected chi connectivity index (χ0v) is 21.8. The van der Waals surface area contributed by atoms with Gasteiger partial charge in [0.15, 0.2) is 0 Å². The summed E-state index contributed by atoms with van der Waals surface area (Å²) < 4.78 is 15.6. The first-order valence-corrected chi connectivity index (χ1v) is 12.9. The Hall–Kier alpha value is -3.51. The zero-order valence-electron chi connectivity index (χ0n) is 21.8. The number of halogens is 1. The number of hydrogen-bond donors (Lipinski definition) is 0. The monoisotopic (exact) mass is 488 g/mol. The SMILES string of the molecule is CC.CC.O=C1CN(CCn2cncc2Cc2cccc(F)c2)CCN1c1cccc2ccccc12. The number of fused-ring (bicyclic) bond motifs is 1. The highest BCUT2D eigenvalue weighted by molar-refractivity contribution is 6.04. The number of carbonyl (C=O) groups is 1. The number of carbonyl (C=O) groups excluding carboxylic acids is 1. The van der Waals surface area contributed by atoms with E-state index >= 15 is 0 Å². The van der Waals surface area contributed by atoms with Gasteiger partial charge in [0.1, 0.15) is 5.82 Å². The topological polar surface area (TPSA) is 41.4 Å². The fourth-order valence-electron chi connectivity index (χ4n) is 4.41. The van der Waals surface area contributed by atoms with E-state index in [2.05, 4.69) is 32.7 Å². The second-order valence-corrected chi connectivity index (χ2v) is 8.20. The van der Waals surface area contributed by atoms with Gasteiger partial charge in [0.2, 0.25) is 5.91 Å². The highest BCUT2D eigenvalue weighted by Gasteiger charge is 2.26. The highest BCUT2D eigenvalue weighted by atomic mass is 19.1. The minimum atomic E-state index is -0.226. The first-order valence-electron chi connectivity index (χ1n) is 12.9. The quantitative estimate of drug-likeness (QED) is 0.326. The maximum Gasteiger partial charge on any atom is 0.241 e. The fourth-order valence-corrected chi connectivity index (χ4v) is 4.41. The number of amides is 1. The van der Waals surface area contributed by atoms with Crippen molar-refractivity contribution in [2.75, 3.05) is 31.1 Å². The van der Waals surface area contributed by atoms with Crippen molar-refractivity contribution >= 4 is 22.4 Å². The lowest BCUT2D eigenvalue weighted by molar-refractivity contribution is -0.121. The number of hydrogen-bond acceptors (Lipinski definition) is 3. The molecule has 0 radical (unpaired) electrons. The molecule has 3 aromatic carbocycles. The Bertz CT molecular complexity index is 1250. The van der Waals surface area contributed by atoms with Crippen molar-refractivity contribution in [2.24, 2.45) is 0 Å². The molecule has 5 rings (SSSR count). The first kappa shape index (κ1) is 27.1. The van der Waals surface area contributed by atoms with Crippen LogP contribution in [0.15, 0.2) is 79.3 Å². The Kier molecular flexibility index (Phi) is 10.2. The van der Waals surface area contributed by atoms with Crippen molar-refractivity contribution < 1.29 is 9.18 Å². The molecule has 1 aliphatic rings. The van der Waals surface area contributed by atoms with Gasteiger partial charge in [-0.2, -0.15) is 0 Å². The first-order chi connectivity index (χ1) is 17.7. The van der Waals surface area contributed by atoms with Crippen LogP contribution in [-0.4, -0.2) is 46.5 Å². The number of anilines is 1. The third kappa shape index (κ3) is 6.58. The van der Waals surface area contributed by atoms with Crippen LogP contribution < -0.4 is 4.90 Å². The number of benzene rings is 3. The van der Waals surface area contributed by atoms with Crippen LogP contribution in [-0.2, 0) is 17.8 Å². The minimum absolute atomic E-state index is 0.123. The molecule has 0 N–H and O–H groups in total. The molecular formula is C30H37FN4O. The highest BCUT2D eigenvalue weighted by Crippen LogP contribution is 2.28. The van der Waals surface area contributed by atoms with E-state index in [1.54, 1.807) is 12.1 Å². The third-order valence-electron chi connectivity index (χ3n) is 6.09. The molecule has 1 aliphatic heterocycles. The Morgan fingerprint density at radius 1 is 0.889 bits per heavy atom. The molecule has 4 aromatic rings. The van der Waals surface area contributed by atoms with Crippen LogP contribution >= 0.6 is 0 Å². The van der Waals surface area contributed by atoms with E-state index in [-0.39, 0.29) is 11.7 Å². The van der Waals surface area contributed by atoms with E-state index in [1.165, 1.54) is 6.07 Å². The van der Waals surface area contributed by atoms with Crippen molar-refractivity contribution in [3.05, 3.63) is 96.3 Å². The van der Waals surface area contributed by atoms with Gasteiger partial charge in [-0.25, -0.2) is 9.37 Å². The summed E-state index contributed by atoms with van der Waals surface area (Å²) in [5.74, 6) is -0.102. The maximum absolute atomic E-state index is 13.5. The average Bonchev–Trinajstić information content (AvgIpc) is 3.36. The van der Waals surface area contributed by atoms with Gasteiger partial charge in [-0.15, -0.1) is 0 Å². The molecule has 190 valence electrons. The van der Waals surface area contributed by atoms with Gasteiger partial charge in [-0.1, -0.05) is 76.2 Å². The summed E-state index contributed by atoms with van der Waals surface area (Å²) in [5.41, 5.74) is 2.95. The van der Waals surface area contributed by atoms with Crippen LogP contribution in [0.5, 0.6) is 0 Å². The van der Waals surface area contributed by atoms with Crippen LogP contribution in [0.3, 0.4) is 0 Å². The van der Waals surface area contributed by atoms with Crippen molar-refractivity contribution in [1.29, 1.82) is 0 Å². The second-order valence-electron chi connectivity index (χ2n) is 8.20. The van der Waals surface area contributed by atoms with Crippen molar-refractivity contribution in [1.82, 2.24) is 14.5 Å². The van der Waals surface area contributed by atoms with E-state index < -0.39 is 0 Å². The molecule has 1 amide bonds. The largest absolute Gasteiger partial charge is 0.333 e. The van der Waals surface area contributed by atoms with Gasteiger partial charge >= 0.3 is 0 Å². The summed E-state index contributed by atoms with van der Waals surface area (Å²) in [5, 5.41) is 2.25. The Morgan fingerprint density at radius 2 is 1.64 bits per heavy atom. The smallest absolute Gasteiger partial charge is 0.241 e. The summed E-state index contributed by atoms with van der Waals surface area (Å²) in [6.45, 7) is 11.4. The molecule has 0 bridgehead atoms. The molecule has 6 heteroatoms. The second kappa shape index (κ2) is 13.5. The Labute approximate surface area is 214 Å². The fraction of sp³-hybridized carbons (Fsp3) is 0.333. The van der Waals surface area contributed by atoms with E-state index in [0.717, 1.165) is 47.4 Å². The van der Waals surface area contributed by atoms with Crippen LogP contribution in [0.2, 0.25) is 0 Å². The van der Waals surface area contributed by atoms with Gasteiger partial charge in [-0.05, 0) is 29.1 Å². The van der Waals surface area contributed by atoms with E-state index in [1.807, 2.05) is 75.5 Å². The summed E-state index contributed by atoms with van der Waals surface area (Å²) in [7, 11) is 0. The molecule has 2 heterocycles. The van der Waals surface area contributed by atoms with Gasteiger partial charge in [0.05, 0.1) is 18.6 Å². The molecular weight excluding hydrogens is 451 g/mol. The van der Waals surface area contributed by atoms with Crippen molar-refractivity contribution in [3.8, 4) is 0 Å². The van der Waals surface area contributed by atoms with Crippen molar-refractivity contribution in [2.45, 2.75) is 40.7 Å². The van der Waals surface area contributed by atoms with Crippen LogP contribution in [0.25, 0.3) is 10.8 Å². The average molecular weight is 489 g/mol. The molecule has 1 saturated heterocycles. The van der Waals surface area contributed by atoms with E-state index in [9.17, 15) is 9.18 Å². The van der Waals surface area contributed by atoms with Gasteiger partial charge in [-0.3, -0.25) is 9.69 Å². The predicted octanol–water partition coefficient (Wildman–Crippen LogP) is 6.17. The Balaban J connectivity index is 0.000000861. The summed E-state index contributed by atoms with van der Waals surface area (Å²) in [6, 6.07) is 21.0. The maximum atomic E-state index is 13.5. The van der Waals surface area contributed by atoms with Crippen LogP contribution in [0.4, 0.5) is 10.1 Å². The molecule has 1 aromatic heterocycles. The van der Waals surface area contributed by atoms with E-state index in [4.69, 9.17) is 0 Å². The lowest BCUT2D eigenvalue weighted by Crippen LogP contribution is -2.51. The number of nitrogens with zero attached hydrogens (tertiary/aromatic N) is 4. The van der Waals surface area contributed by atoms with Gasteiger partial charge in [0.25, 0.3) is 0 Å². The Morgan fingerprint density at radius 3 is 2.42 bits per heavy atom. The standard InChI is InChI=1S/C26H25FN4O.2C2H6/c27-22-8-3-5-20(15-22)16-23-17-28-19-30(23)13-11-29-12-14-31(26(32)18-29)25-10-4-7-21-6-1-2-9-24(21)25;2*1-2/h1-10,15,17,19H,11-14,16,18H2;2*1-2H3. The lowest BCUT2D eigenvalue weighted by Gasteiger charge is -2.35. The minimum Gasteiger partial charge on any atom is -0.333 e. The van der Waals surface area contributed by atoms with Crippen molar-refractivity contribution in [3.63, 3.8) is 0 Å². The van der Waals surface area contributed by atoms with Gasteiger partial charge < -0.3 is 9.47 Å². The van der Waals surface area contributed by atoms with Crippen LogP contribution in [0.1, 0.15) is 39.0 Å². The summed E-state index contributed by atoms with van der Waals surface area (Å²) in [6.07, 6.45) is 4.27. The number of piperazine rings is 1. The number of aromatic nitrogens is 2. The molecule has 36 heavy (non-hydrogen) atoms. The summed E-state index contributed by atoms with van der Waals surface area (Å²) >= 11 is 0. The normalized spacial score (nSPS) is 13.6. The number of imidazole rings is 1. The zero-order chi connectivity index (χ0) is 25.9. The summed E-state index contributed by atoms with van der Waals surface area (Å²) in [4.78, 5) is 21.4. The molecule has 0 aliphatic carbocycles. The number of rotatable bonds is 6. The third-order valence-corrected chi connectivity index (χ3v) is 6.09. The molecule has 1 fully saturated rings. The predicted molar refractivity (Wildman–Crippen MR) is 147 cm³/mol. The van der Waals surface area contributed by atoms with Gasteiger partial charge in [0, 0.05) is 49.9 Å². The lowest BCUT2D eigenvalue weighted by atomic mass is 10.1. The van der Waals surface area contributed by atoms with Crippen LogP contribution in [0, 0.1) is 5.82 Å². The van der Waals surface area contributed by atoms with E-state index in [0.29, 0.717) is 19.5 Å². The molecule has 5 nitrogen and oxygen atoms in total.